The van der Waals surface area contributed by atoms with Gasteiger partial charge in [0.2, 0.25) is 5.95 Å². The van der Waals surface area contributed by atoms with Crippen molar-refractivity contribution in [2.45, 2.75) is 25.4 Å². The number of aromatic nitrogens is 2. The van der Waals surface area contributed by atoms with E-state index < -0.39 is 11.6 Å². The van der Waals surface area contributed by atoms with Crippen LogP contribution < -0.4 is 10.2 Å². The first-order valence-corrected chi connectivity index (χ1v) is 9.76. The predicted octanol–water partition coefficient (Wildman–Crippen LogP) is 2.67. The lowest BCUT2D eigenvalue weighted by molar-refractivity contribution is 0.122. The van der Waals surface area contributed by atoms with Crippen LogP contribution in [0, 0.1) is 11.6 Å². The molecule has 0 amide bonds. The molecule has 0 atom stereocenters. The summed E-state index contributed by atoms with van der Waals surface area (Å²) in [6.45, 7) is 5.24. The molecule has 0 radical (unpaired) electrons. The van der Waals surface area contributed by atoms with Gasteiger partial charge in [-0.1, -0.05) is 6.07 Å². The van der Waals surface area contributed by atoms with Gasteiger partial charge < -0.3 is 15.0 Å². The van der Waals surface area contributed by atoms with Crippen LogP contribution in [-0.4, -0.2) is 60.3 Å². The smallest absolute Gasteiger partial charge is 0.227 e. The van der Waals surface area contributed by atoms with Gasteiger partial charge in [0.1, 0.15) is 17.5 Å². The Hall–Kier alpha value is -2.32. The van der Waals surface area contributed by atoms with Gasteiger partial charge in [0.15, 0.2) is 0 Å². The summed E-state index contributed by atoms with van der Waals surface area (Å²) in [6, 6.07) is 6.01. The molecule has 2 aliphatic heterocycles. The third-order valence-corrected chi connectivity index (χ3v) is 5.29. The van der Waals surface area contributed by atoms with Crippen molar-refractivity contribution >= 4 is 11.8 Å². The molecular weight excluding hydrogens is 364 g/mol. The Morgan fingerprint density at radius 2 is 1.86 bits per heavy atom. The maximum Gasteiger partial charge on any atom is 0.227 e. The summed E-state index contributed by atoms with van der Waals surface area (Å²) in [4.78, 5) is 13.4. The van der Waals surface area contributed by atoms with Gasteiger partial charge in [0, 0.05) is 56.6 Å². The van der Waals surface area contributed by atoms with Crippen molar-refractivity contribution in [3.63, 3.8) is 0 Å². The fourth-order valence-electron chi connectivity index (χ4n) is 3.68. The highest BCUT2D eigenvalue weighted by Crippen LogP contribution is 2.20. The topological polar surface area (TPSA) is 53.5 Å². The van der Waals surface area contributed by atoms with E-state index in [0.717, 1.165) is 56.9 Å². The van der Waals surface area contributed by atoms with Gasteiger partial charge in [0.05, 0.1) is 13.2 Å². The van der Waals surface area contributed by atoms with E-state index in [2.05, 4.69) is 25.1 Å². The van der Waals surface area contributed by atoms with Crippen molar-refractivity contribution in [2.24, 2.45) is 0 Å². The zero-order valence-corrected chi connectivity index (χ0v) is 15.8. The van der Waals surface area contributed by atoms with Crippen LogP contribution in [0.5, 0.6) is 0 Å². The van der Waals surface area contributed by atoms with Gasteiger partial charge in [-0.3, -0.25) is 4.90 Å². The van der Waals surface area contributed by atoms with E-state index in [1.807, 2.05) is 6.07 Å². The van der Waals surface area contributed by atoms with Crippen molar-refractivity contribution in [1.29, 1.82) is 0 Å². The van der Waals surface area contributed by atoms with Crippen LogP contribution in [0.25, 0.3) is 0 Å². The number of nitrogens with zero attached hydrogens (tertiary/aromatic N) is 4. The first kappa shape index (κ1) is 19.0. The maximum atomic E-state index is 13.9. The number of nitrogens with one attached hydrogen (secondary N) is 1. The molecule has 6 nitrogen and oxygen atoms in total. The fourth-order valence-corrected chi connectivity index (χ4v) is 3.68. The van der Waals surface area contributed by atoms with E-state index >= 15 is 0 Å². The van der Waals surface area contributed by atoms with Gasteiger partial charge >= 0.3 is 0 Å². The van der Waals surface area contributed by atoms with E-state index in [0.29, 0.717) is 31.4 Å². The molecule has 3 heterocycles. The molecule has 2 fully saturated rings. The number of piperidine rings is 1. The van der Waals surface area contributed by atoms with Crippen molar-refractivity contribution in [3.8, 4) is 0 Å². The van der Waals surface area contributed by atoms with E-state index in [-0.39, 0.29) is 0 Å². The molecule has 0 bridgehead atoms. The largest absolute Gasteiger partial charge is 0.378 e. The van der Waals surface area contributed by atoms with Crippen molar-refractivity contribution < 1.29 is 13.5 Å². The molecule has 0 aliphatic carbocycles. The Labute approximate surface area is 163 Å². The Morgan fingerprint density at radius 3 is 2.61 bits per heavy atom. The summed E-state index contributed by atoms with van der Waals surface area (Å²) in [5.41, 5.74) is 0.541. The van der Waals surface area contributed by atoms with Crippen LogP contribution in [0.15, 0.2) is 30.5 Å². The summed E-state index contributed by atoms with van der Waals surface area (Å²) in [6.07, 6.45) is 3.67. The quantitative estimate of drug-likeness (QED) is 0.849. The minimum atomic E-state index is -0.537. The van der Waals surface area contributed by atoms with Crippen LogP contribution in [0.4, 0.5) is 20.5 Å². The first-order valence-electron chi connectivity index (χ1n) is 9.76. The molecule has 0 saturated carbocycles. The van der Waals surface area contributed by atoms with Crippen LogP contribution in [0.3, 0.4) is 0 Å². The minimum Gasteiger partial charge on any atom is -0.378 e. The van der Waals surface area contributed by atoms with Crippen molar-refractivity contribution in [3.05, 3.63) is 47.7 Å². The van der Waals surface area contributed by atoms with E-state index in [1.54, 1.807) is 6.20 Å². The number of halogens is 2. The number of anilines is 2. The lowest BCUT2D eigenvalue weighted by Crippen LogP contribution is -2.39. The fraction of sp³-hybridized carbons (Fsp3) is 0.500. The molecule has 150 valence electrons. The minimum absolute atomic E-state index is 0.321. The second kappa shape index (κ2) is 8.79. The molecular formula is C20H25F2N5O. The first-order chi connectivity index (χ1) is 13.7. The summed E-state index contributed by atoms with van der Waals surface area (Å²) in [7, 11) is 0. The van der Waals surface area contributed by atoms with Crippen LogP contribution in [0.1, 0.15) is 18.4 Å². The molecule has 0 unspecified atom stereocenters. The Bertz CT molecular complexity index is 792. The van der Waals surface area contributed by atoms with Crippen molar-refractivity contribution in [2.75, 3.05) is 49.6 Å². The van der Waals surface area contributed by atoms with Crippen molar-refractivity contribution in [1.82, 2.24) is 14.9 Å². The molecule has 2 saturated heterocycles. The molecule has 1 aromatic heterocycles. The Morgan fingerprint density at radius 1 is 1.07 bits per heavy atom. The number of ether oxygens (including phenoxy) is 1. The van der Waals surface area contributed by atoms with Crippen LogP contribution in [0.2, 0.25) is 0 Å². The second-order valence-electron chi connectivity index (χ2n) is 7.27. The van der Waals surface area contributed by atoms with Crippen LogP contribution in [-0.2, 0) is 11.3 Å². The van der Waals surface area contributed by atoms with Crippen LogP contribution >= 0.6 is 0 Å². The van der Waals surface area contributed by atoms with E-state index in [1.165, 1.54) is 12.1 Å². The maximum absolute atomic E-state index is 13.9. The number of morpholine rings is 1. The summed E-state index contributed by atoms with van der Waals surface area (Å²) >= 11 is 0. The lowest BCUT2D eigenvalue weighted by Gasteiger charge is -2.33. The third-order valence-electron chi connectivity index (χ3n) is 5.29. The standard InChI is InChI=1S/C20H25F2N5O/c21-16-2-1-15(18(22)13-16)14-26-7-4-17(5-8-26)24-19-3-6-23-20(25-19)27-9-11-28-12-10-27/h1-3,6,13,17H,4-5,7-12,14H2,(H,23,24,25). The summed E-state index contributed by atoms with van der Waals surface area (Å²) in [5.74, 6) is 0.555. The average molecular weight is 389 g/mol. The SMILES string of the molecule is Fc1ccc(CN2CCC(Nc3ccnc(N4CCOCC4)n3)CC2)c(F)c1. The van der Waals surface area contributed by atoms with E-state index in [9.17, 15) is 8.78 Å². The Balaban J connectivity index is 1.29. The molecule has 0 spiro atoms. The zero-order chi connectivity index (χ0) is 19.3. The summed E-state index contributed by atoms with van der Waals surface area (Å²) < 4.78 is 32.3. The van der Waals surface area contributed by atoms with E-state index in [4.69, 9.17) is 4.74 Å². The molecule has 1 aromatic carbocycles. The highest BCUT2D eigenvalue weighted by Gasteiger charge is 2.21. The molecule has 4 rings (SSSR count). The summed E-state index contributed by atoms with van der Waals surface area (Å²) in [5, 5.41) is 3.50. The van der Waals surface area contributed by atoms with Gasteiger partial charge in [-0.15, -0.1) is 0 Å². The number of hydrogen-bond acceptors (Lipinski definition) is 6. The number of rotatable bonds is 5. The third kappa shape index (κ3) is 4.74. The highest BCUT2D eigenvalue weighted by molar-refractivity contribution is 5.42. The average Bonchev–Trinajstić information content (AvgIpc) is 2.72. The normalized spacial score (nSPS) is 19.0. The monoisotopic (exact) mass is 389 g/mol. The lowest BCUT2D eigenvalue weighted by atomic mass is 10.0. The van der Waals surface area contributed by atoms with Gasteiger partial charge in [-0.2, -0.15) is 4.98 Å². The number of hydrogen-bond donors (Lipinski definition) is 1. The van der Waals surface area contributed by atoms with Gasteiger partial charge in [-0.25, -0.2) is 13.8 Å². The van der Waals surface area contributed by atoms with Gasteiger partial charge in [0.25, 0.3) is 0 Å². The molecule has 2 aliphatic rings. The van der Waals surface area contributed by atoms with Gasteiger partial charge in [-0.05, 0) is 25.0 Å². The molecule has 1 N–H and O–H groups in total. The number of benzene rings is 1. The highest BCUT2D eigenvalue weighted by atomic mass is 19.1. The predicted molar refractivity (Wildman–Crippen MR) is 103 cm³/mol. The molecule has 8 heteroatoms. The molecule has 28 heavy (non-hydrogen) atoms. The zero-order valence-electron chi connectivity index (χ0n) is 15.8. The Kier molecular flexibility index (Phi) is 5.97. The second-order valence-corrected chi connectivity index (χ2v) is 7.27. The molecule has 2 aromatic rings. The number of likely N-dealkylation sites (tertiary alicyclic amines) is 1.